The maximum absolute atomic E-state index is 12.8. The van der Waals surface area contributed by atoms with E-state index in [0.717, 1.165) is 41.6 Å². The third-order valence-corrected chi connectivity index (χ3v) is 5.07. The smallest absolute Gasteiger partial charge is 0.253 e. The number of aromatic nitrogens is 2. The van der Waals surface area contributed by atoms with Crippen molar-refractivity contribution in [3.8, 4) is 11.4 Å². The molecule has 1 atom stereocenters. The van der Waals surface area contributed by atoms with E-state index in [1.165, 1.54) is 0 Å². The van der Waals surface area contributed by atoms with Crippen molar-refractivity contribution in [2.45, 2.75) is 32.6 Å². The van der Waals surface area contributed by atoms with Crippen LogP contribution in [0.15, 0.2) is 53.1 Å². The van der Waals surface area contributed by atoms with Crippen molar-refractivity contribution in [1.29, 1.82) is 0 Å². The summed E-state index contributed by atoms with van der Waals surface area (Å²) in [7, 11) is 0. The zero-order valence-corrected chi connectivity index (χ0v) is 15.7. The largest absolute Gasteiger partial charge is 0.339 e. The van der Waals surface area contributed by atoms with Gasteiger partial charge in [-0.1, -0.05) is 46.6 Å². The molecule has 0 aliphatic carbocycles. The number of nitrogens with zero attached hydrogens (tertiary/aromatic N) is 3. The average molecular weight is 361 g/mol. The molecule has 0 radical (unpaired) electrons. The maximum atomic E-state index is 12.8. The van der Waals surface area contributed by atoms with Gasteiger partial charge >= 0.3 is 0 Å². The Bertz CT molecular complexity index is 946. The molecule has 3 aromatic rings. The van der Waals surface area contributed by atoms with Gasteiger partial charge in [0.2, 0.25) is 11.7 Å². The predicted molar refractivity (Wildman–Crippen MR) is 104 cm³/mol. The molecule has 0 N–H and O–H groups in total. The molecule has 4 rings (SSSR count). The summed E-state index contributed by atoms with van der Waals surface area (Å²) in [5.74, 6) is 1.38. The molecule has 0 spiro atoms. The molecule has 1 aromatic heterocycles. The fourth-order valence-electron chi connectivity index (χ4n) is 3.54. The maximum Gasteiger partial charge on any atom is 0.253 e. The third kappa shape index (κ3) is 3.77. The summed E-state index contributed by atoms with van der Waals surface area (Å²) in [6.45, 7) is 5.44. The molecule has 27 heavy (non-hydrogen) atoms. The van der Waals surface area contributed by atoms with Crippen LogP contribution >= 0.6 is 0 Å². The van der Waals surface area contributed by atoms with Gasteiger partial charge in [-0.25, -0.2) is 0 Å². The van der Waals surface area contributed by atoms with Crippen LogP contribution in [-0.2, 0) is 0 Å². The topological polar surface area (TPSA) is 59.2 Å². The highest BCUT2D eigenvalue weighted by Gasteiger charge is 2.29. The van der Waals surface area contributed by atoms with Crippen LogP contribution in [0.5, 0.6) is 0 Å². The molecule has 2 heterocycles. The number of aryl methyl sites for hydroxylation is 2. The van der Waals surface area contributed by atoms with Crippen LogP contribution in [0.25, 0.3) is 11.4 Å². The number of carbonyl (C=O) groups is 1. The van der Waals surface area contributed by atoms with Crippen LogP contribution in [0.3, 0.4) is 0 Å². The first-order valence-corrected chi connectivity index (χ1v) is 9.37. The molecule has 1 aliphatic rings. The first-order valence-electron chi connectivity index (χ1n) is 9.37. The van der Waals surface area contributed by atoms with E-state index < -0.39 is 0 Å². The SMILES string of the molecule is Cc1ccc(C(=O)N2CCC[C@@H](c3nc(-c4cccc(C)c4)no3)C2)cc1. The molecule has 138 valence electrons. The van der Waals surface area contributed by atoms with Crippen molar-refractivity contribution in [2.75, 3.05) is 13.1 Å². The number of hydrogen-bond acceptors (Lipinski definition) is 4. The lowest BCUT2D eigenvalue weighted by Gasteiger charge is -2.31. The Balaban J connectivity index is 1.50. The van der Waals surface area contributed by atoms with Crippen LogP contribution in [0.2, 0.25) is 0 Å². The van der Waals surface area contributed by atoms with Gasteiger partial charge in [-0.05, 0) is 44.9 Å². The van der Waals surface area contributed by atoms with E-state index in [4.69, 9.17) is 4.52 Å². The summed E-state index contributed by atoms with van der Waals surface area (Å²) < 4.78 is 5.55. The number of carbonyl (C=O) groups excluding carboxylic acids is 1. The van der Waals surface area contributed by atoms with Gasteiger partial charge in [0.05, 0.1) is 5.92 Å². The van der Waals surface area contributed by atoms with Crippen LogP contribution in [0.4, 0.5) is 0 Å². The Labute approximate surface area is 159 Å². The lowest BCUT2D eigenvalue weighted by atomic mass is 9.97. The van der Waals surface area contributed by atoms with E-state index in [1.807, 2.05) is 67.3 Å². The van der Waals surface area contributed by atoms with Gasteiger partial charge in [0.25, 0.3) is 5.91 Å². The molecule has 0 unspecified atom stereocenters. The van der Waals surface area contributed by atoms with Gasteiger partial charge in [-0.3, -0.25) is 4.79 Å². The fraction of sp³-hybridized carbons (Fsp3) is 0.318. The lowest BCUT2D eigenvalue weighted by Crippen LogP contribution is -2.39. The van der Waals surface area contributed by atoms with Gasteiger partial charge in [0.15, 0.2) is 0 Å². The molecule has 0 saturated carbocycles. The number of likely N-dealkylation sites (tertiary alicyclic amines) is 1. The summed E-state index contributed by atoms with van der Waals surface area (Å²) in [6, 6.07) is 15.8. The summed E-state index contributed by atoms with van der Waals surface area (Å²) in [4.78, 5) is 19.3. The molecular formula is C22H23N3O2. The minimum atomic E-state index is 0.0677. The predicted octanol–water partition coefficient (Wildman–Crippen LogP) is 4.37. The highest BCUT2D eigenvalue weighted by Crippen LogP contribution is 2.28. The molecule has 0 bridgehead atoms. The van der Waals surface area contributed by atoms with Crippen molar-refractivity contribution in [3.05, 3.63) is 71.1 Å². The molecule has 2 aromatic carbocycles. The van der Waals surface area contributed by atoms with Gasteiger partial charge in [-0.2, -0.15) is 4.98 Å². The number of rotatable bonds is 3. The molecule has 1 aliphatic heterocycles. The van der Waals surface area contributed by atoms with Gasteiger partial charge < -0.3 is 9.42 Å². The van der Waals surface area contributed by atoms with Crippen molar-refractivity contribution in [1.82, 2.24) is 15.0 Å². The quantitative estimate of drug-likeness (QED) is 0.695. The first-order chi connectivity index (χ1) is 13.1. The summed E-state index contributed by atoms with van der Waals surface area (Å²) in [5.41, 5.74) is 3.99. The normalized spacial score (nSPS) is 17.1. The van der Waals surface area contributed by atoms with Gasteiger partial charge in [0, 0.05) is 24.2 Å². The van der Waals surface area contributed by atoms with Crippen molar-refractivity contribution in [2.24, 2.45) is 0 Å². The second-order valence-electron chi connectivity index (χ2n) is 7.28. The lowest BCUT2D eigenvalue weighted by molar-refractivity contribution is 0.0695. The van der Waals surface area contributed by atoms with E-state index in [-0.39, 0.29) is 11.8 Å². The Morgan fingerprint density at radius 1 is 1.11 bits per heavy atom. The second-order valence-corrected chi connectivity index (χ2v) is 7.28. The number of piperidine rings is 1. The zero-order chi connectivity index (χ0) is 18.8. The number of benzene rings is 2. The van der Waals surface area contributed by atoms with E-state index in [2.05, 4.69) is 10.1 Å². The Morgan fingerprint density at radius 2 is 1.93 bits per heavy atom. The van der Waals surface area contributed by atoms with Crippen LogP contribution in [0.1, 0.15) is 46.1 Å². The van der Waals surface area contributed by atoms with Crippen LogP contribution in [0, 0.1) is 13.8 Å². The van der Waals surface area contributed by atoms with Crippen molar-refractivity contribution >= 4 is 5.91 Å². The van der Waals surface area contributed by atoms with Crippen LogP contribution < -0.4 is 0 Å². The zero-order valence-electron chi connectivity index (χ0n) is 15.7. The minimum Gasteiger partial charge on any atom is -0.339 e. The summed E-state index contributed by atoms with van der Waals surface area (Å²) in [6.07, 6.45) is 1.89. The first kappa shape index (κ1) is 17.5. The van der Waals surface area contributed by atoms with E-state index in [9.17, 15) is 4.79 Å². The van der Waals surface area contributed by atoms with E-state index in [1.54, 1.807) is 0 Å². The monoisotopic (exact) mass is 361 g/mol. The Hall–Kier alpha value is -2.95. The average Bonchev–Trinajstić information content (AvgIpc) is 3.18. The van der Waals surface area contributed by atoms with Crippen molar-refractivity contribution in [3.63, 3.8) is 0 Å². The standard InChI is InChI=1S/C22H23N3O2/c1-15-8-10-17(11-9-15)22(26)25-12-4-7-19(14-25)21-23-20(24-27-21)18-6-3-5-16(2)13-18/h3,5-6,8-11,13,19H,4,7,12,14H2,1-2H3/t19-/m1/s1. The summed E-state index contributed by atoms with van der Waals surface area (Å²) >= 11 is 0. The molecular weight excluding hydrogens is 338 g/mol. The number of amides is 1. The molecule has 1 fully saturated rings. The fourth-order valence-corrected chi connectivity index (χ4v) is 3.54. The molecule has 5 nitrogen and oxygen atoms in total. The Kier molecular flexibility index (Phi) is 4.75. The highest BCUT2D eigenvalue weighted by molar-refractivity contribution is 5.94. The molecule has 1 amide bonds. The summed E-state index contributed by atoms with van der Waals surface area (Å²) in [5, 5.41) is 4.15. The third-order valence-electron chi connectivity index (χ3n) is 5.07. The van der Waals surface area contributed by atoms with Gasteiger partial charge in [-0.15, -0.1) is 0 Å². The van der Waals surface area contributed by atoms with Crippen LogP contribution in [-0.4, -0.2) is 34.0 Å². The minimum absolute atomic E-state index is 0.0677. The number of hydrogen-bond donors (Lipinski definition) is 0. The van der Waals surface area contributed by atoms with Gasteiger partial charge in [0.1, 0.15) is 0 Å². The molecule has 1 saturated heterocycles. The molecule has 5 heteroatoms. The van der Waals surface area contributed by atoms with E-state index >= 15 is 0 Å². The van der Waals surface area contributed by atoms with E-state index in [0.29, 0.717) is 18.3 Å². The highest BCUT2D eigenvalue weighted by atomic mass is 16.5. The van der Waals surface area contributed by atoms with Crippen molar-refractivity contribution < 1.29 is 9.32 Å². The Morgan fingerprint density at radius 3 is 2.70 bits per heavy atom. The second kappa shape index (κ2) is 7.35.